The van der Waals surface area contributed by atoms with Gasteiger partial charge in [0.1, 0.15) is 0 Å². The normalized spacial score (nSPS) is 11.5. The molecule has 8 heteroatoms. The zero-order chi connectivity index (χ0) is 95.2. The average Bonchev–Trinajstić information content (AvgIpc) is 1.51. The Balaban J connectivity index is 0.000000113. The second kappa shape index (κ2) is 41.1. The third-order valence-electron chi connectivity index (χ3n) is 27.1. The van der Waals surface area contributed by atoms with E-state index < -0.39 is 0 Å². The van der Waals surface area contributed by atoms with E-state index in [1.54, 1.807) is 0 Å². The number of fused-ring (bicyclic) bond motifs is 12. The zero-order valence-corrected chi connectivity index (χ0v) is 79.3. The predicted molar refractivity (Wildman–Crippen MR) is 599 cm³/mol. The van der Waals surface area contributed by atoms with Crippen molar-refractivity contribution in [3.63, 3.8) is 0 Å². The minimum absolute atomic E-state index is 0.342. The molecule has 8 nitrogen and oxygen atoms in total. The van der Waals surface area contributed by atoms with E-state index in [1.165, 1.54) is 106 Å². The lowest BCUT2D eigenvalue weighted by atomic mass is 9.70. The van der Waals surface area contributed by atoms with Crippen molar-refractivity contribution >= 4 is 135 Å². The number of anilines is 20. The van der Waals surface area contributed by atoms with Crippen LogP contribution >= 0.6 is 0 Å². The Morgan fingerprint density at radius 1 is 0.135 bits per heavy atom. The highest BCUT2D eigenvalue weighted by Crippen LogP contribution is 2.63. The summed E-state index contributed by atoms with van der Waals surface area (Å²) in [5.41, 5.74) is 35.8. The molecule has 2 aliphatic carbocycles. The SMILES string of the molecule is CN(c1ccc(N(c2ccccc2)c2ccccc2)cc1)c1ccc2c(c1)C1(c3ccccc3-c3ccccc31)c1ccccc1-2.CN(c1ccccc1)c1ccc(N(c2ccccc2)c2ccc(-c3ccccc3)cc2)cc1.CN(c1ccccc1)c1ccc(N(c2ccccc2)c2ccc3ccccc3c2)cc1.CN(c1ccccc1)c1ccc(N(c2ccccc2)c2cccc3ccccc23)cc1. The lowest BCUT2D eigenvalue weighted by Gasteiger charge is -2.31. The molecule has 0 atom stereocenters. The van der Waals surface area contributed by atoms with Crippen LogP contribution in [0.2, 0.25) is 0 Å². The molecular formula is C133H106N8. The van der Waals surface area contributed by atoms with Crippen LogP contribution in [0.15, 0.2) is 570 Å². The summed E-state index contributed by atoms with van der Waals surface area (Å²) in [5.74, 6) is 0. The van der Waals surface area contributed by atoms with Crippen LogP contribution in [0.3, 0.4) is 0 Å². The van der Waals surface area contributed by atoms with Gasteiger partial charge in [0.15, 0.2) is 0 Å². The molecule has 2 aliphatic rings. The number of benzene rings is 22. The van der Waals surface area contributed by atoms with Gasteiger partial charge in [0.05, 0.1) is 11.1 Å². The van der Waals surface area contributed by atoms with Crippen molar-refractivity contribution in [2.45, 2.75) is 5.41 Å². The van der Waals surface area contributed by atoms with Gasteiger partial charge in [0.2, 0.25) is 0 Å². The van der Waals surface area contributed by atoms with Gasteiger partial charge in [-0.3, -0.25) is 0 Å². The lowest BCUT2D eigenvalue weighted by molar-refractivity contribution is 0.793. The topological polar surface area (TPSA) is 25.9 Å². The van der Waals surface area contributed by atoms with Crippen molar-refractivity contribution < 1.29 is 0 Å². The molecule has 0 bridgehead atoms. The molecule has 0 heterocycles. The maximum atomic E-state index is 2.43. The van der Waals surface area contributed by atoms with Gasteiger partial charge in [-0.25, -0.2) is 0 Å². The largest absolute Gasteiger partial charge is 0.345 e. The first kappa shape index (κ1) is 89.3. The number of para-hydroxylation sites is 8. The van der Waals surface area contributed by atoms with Gasteiger partial charge in [-0.1, -0.05) is 334 Å². The van der Waals surface area contributed by atoms with Crippen LogP contribution in [0.4, 0.5) is 114 Å². The van der Waals surface area contributed by atoms with Gasteiger partial charge in [0.25, 0.3) is 0 Å². The van der Waals surface area contributed by atoms with Crippen LogP contribution in [-0.4, -0.2) is 28.2 Å². The molecular weight excluding hydrogens is 1710 g/mol. The molecule has 24 rings (SSSR count). The molecule has 141 heavy (non-hydrogen) atoms. The maximum Gasteiger partial charge on any atom is 0.0726 e. The fourth-order valence-corrected chi connectivity index (χ4v) is 20.0. The second-order valence-corrected chi connectivity index (χ2v) is 35.4. The fraction of sp³-hybridized carbons (Fsp3) is 0.0376. The highest BCUT2D eigenvalue weighted by atomic mass is 15.2. The van der Waals surface area contributed by atoms with E-state index >= 15 is 0 Å². The average molecular weight is 1820 g/mol. The zero-order valence-electron chi connectivity index (χ0n) is 79.3. The smallest absolute Gasteiger partial charge is 0.0726 e. The van der Waals surface area contributed by atoms with Crippen molar-refractivity contribution in [1.29, 1.82) is 0 Å². The quantitative estimate of drug-likeness (QED) is 0.0702. The molecule has 678 valence electrons. The molecule has 1 spiro atoms. The molecule has 0 aromatic heterocycles. The Labute approximate surface area is 828 Å². The van der Waals surface area contributed by atoms with E-state index in [9.17, 15) is 0 Å². The summed E-state index contributed by atoms with van der Waals surface area (Å²) in [6, 6.07) is 203. The molecule has 0 saturated carbocycles. The maximum absolute atomic E-state index is 2.43. The summed E-state index contributed by atoms with van der Waals surface area (Å²) in [6.45, 7) is 0. The van der Waals surface area contributed by atoms with E-state index in [-0.39, 0.29) is 5.41 Å². The van der Waals surface area contributed by atoms with Crippen molar-refractivity contribution in [1.82, 2.24) is 0 Å². The third-order valence-corrected chi connectivity index (χ3v) is 27.1. The van der Waals surface area contributed by atoms with Crippen molar-refractivity contribution in [3.8, 4) is 33.4 Å². The summed E-state index contributed by atoms with van der Waals surface area (Å²) in [7, 11) is 8.47. The van der Waals surface area contributed by atoms with Crippen LogP contribution < -0.4 is 39.2 Å². The summed E-state index contributed by atoms with van der Waals surface area (Å²) in [6.07, 6.45) is 0. The molecule has 0 amide bonds. The van der Waals surface area contributed by atoms with Gasteiger partial charge < -0.3 is 39.2 Å². The van der Waals surface area contributed by atoms with Gasteiger partial charge in [-0.15, -0.1) is 0 Å². The Hall–Kier alpha value is -18.2. The summed E-state index contributed by atoms with van der Waals surface area (Å²) < 4.78 is 0. The van der Waals surface area contributed by atoms with Crippen LogP contribution in [-0.2, 0) is 5.41 Å². The molecule has 22 aromatic rings. The Kier molecular flexibility index (Phi) is 26.1. The van der Waals surface area contributed by atoms with Crippen LogP contribution in [0.25, 0.3) is 54.9 Å². The van der Waals surface area contributed by atoms with Crippen LogP contribution in [0, 0.1) is 0 Å². The van der Waals surface area contributed by atoms with Crippen LogP contribution in [0.5, 0.6) is 0 Å². The van der Waals surface area contributed by atoms with Gasteiger partial charge >= 0.3 is 0 Å². The molecule has 0 radical (unpaired) electrons. The minimum atomic E-state index is -0.342. The van der Waals surface area contributed by atoms with Crippen molar-refractivity contribution in [2.24, 2.45) is 0 Å². The van der Waals surface area contributed by atoms with E-state index in [0.29, 0.717) is 0 Å². The Bertz CT molecular complexity index is 7810. The molecule has 0 saturated heterocycles. The molecule has 0 aliphatic heterocycles. The second-order valence-electron chi connectivity index (χ2n) is 35.4. The van der Waals surface area contributed by atoms with Gasteiger partial charge in [-0.2, -0.15) is 0 Å². The lowest BCUT2D eigenvalue weighted by Crippen LogP contribution is -2.26. The van der Waals surface area contributed by atoms with Gasteiger partial charge in [-0.05, 0) is 308 Å². The van der Waals surface area contributed by atoms with E-state index in [2.05, 4.69) is 613 Å². The molecule has 0 fully saturated rings. The highest BCUT2D eigenvalue weighted by molar-refractivity contribution is 6.00. The molecule has 0 unspecified atom stereocenters. The third kappa shape index (κ3) is 18.6. The fourth-order valence-electron chi connectivity index (χ4n) is 20.0. The number of hydrogen-bond acceptors (Lipinski definition) is 8. The van der Waals surface area contributed by atoms with E-state index in [1.807, 2.05) is 24.3 Å². The van der Waals surface area contributed by atoms with Crippen molar-refractivity contribution in [2.75, 3.05) is 67.4 Å². The highest BCUT2D eigenvalue weighted by Gasteiger charge is 2.51. The van der Waals surface area contributed by atoms with Gasteiger partial charge in [0, 0.05) is 142 Å². The standard InChI is InChI=1S/C44H32N2.C31H26N2.2C29H24N2/c1-45(31-24-26-34(27-25-31)46(32-14-4-2-5-15-32)33-16-6-3-7-17-33)35-28-29-39-38-20-10-13-23-42(38)44(43(39)30-35)40-21-11-8-18-36(40)37-19-9-12-22-41(37)44;1-32(27-13-7-3-8-14-27)28-21-23-31(24-22-28)33(29-15-9-4-10-16-29)30-19-17-26(18-20-30)25-11-5-2-6-12-25;1-30(24-13-4-2-5-14-24)25-19-21-27(22-20-25)31(26-15-6-3-7-16-26)29-18-10-12-23-11-8-9-17-28(23)29;1-30(25-12-4-2-5-13-25)26-18-20-28(21-19-26)31(27-14-6-3-7-15-27)29-17-16-23-10-8-9-11-24(23)22-29/h2-30H,1H3;2-24H,1H3;2*2-22H,1H3. The Morgan fingerprint density at radius 3 is 0.752 bits per heavy atom. The predicted octanol–water partition coefficient (Wildman–Crippen LogP) is 36.0. The molecule has 0 N–H and O–H groups in total. The van der Waals surface area contributed by atoms with E-state index in [4.69, 9.17) is 0 Å². The summed E-state index contributed by atoms with van der Waals surface area (Å²) >= 11 is 0. The first-order valence-corrected chi connectivity index (χ1v) is 48.2. The first-order chi connectivity index (χ1) is 69.6. The Morgan fingerprint density at radius 2 is 0.369 bits per heavy atom. The first-order valence-electron chi connectivity index (χ1n) is 48.2. The number of nitrogens with zero attached hydrogens (tertiary/aromatic N) is 8. The van der Waals surface area contributed by atoms with Crippen LogP contribution in [0.1, 0.15) is 22.3 Å². The number of rotatable bonds is 21. The number of hydrogen-bond donors (Lipinski definition) is 0. The summed E-state index contributed by atoms with van der Waals surface area (Å²) in [5, 5.41) is 4.96. The summed E-state index contributed by atoms with van der Waals surface area (Å²) in [4.78, 5) is 18.1. The minimum Gasteiger partial charge on any atom is -0.345 e. The van der Waals surface area contributed by atoms with Crippen molar-refractivity contribution in [3.05, 3.63) is 592 Å². The monoisotopic (exact) mass is 1810 g/mol. The van der Waals surface area contributed by atoms with E-state index in [0.717, 1.165) is 85.3 Å². The molecule has 22 aromatic carbocycles.